The van der Waals surface area contributed by atoms with Crippen LogP contribution in [0, 0.1) is 13.8 Å². The second-order valence-electron chi connectivity index (χ2n) is 5.63. The van der Waals surface area contributed by atoms with E-state index in [-0.39, 0.29) is 0 Å². The molecule has 0 bridgehead atoms. The average molecular weight is 301 g/mol. The lowest BCUT2D eigenvalue weighted by atomic mass is 10.2. The van der Waals surface area contributed by atoms with Gasteiger partial charge in [-0.25, -0.2) is 4.98 Å². The Bertz CT molecular complexity index is 629. The maximum absolute atomic E-state index is 5.37. The summed E-state index contributed by atoms with van der Waals surface area (Å²) in [6, 6.07) is 4.15. The summed E-state index contributed by atoms with van der Waals surface area (Å²) in [4.78, 5) is 6.80. The third kappa shape index (κ3) is 3.06. The molecule has 0 aromatic carbocycles. The molecule has 0 atom stereocenters. The lowest BCUT2D eigenvalue weighted by Crippen LogP contribution is -2.36. The van der Waals surface area contributed by atoms with Crippen molar-refractivity contribution in [2.24, 2.45) is 7.05 Å². The smallest absolute Gasteiger partial charge is 0.128 e. The first kappa shape index (κ1) is 14.8. The fourth-order valence-electron chi connectivity index (χ4n) is 2.73. The Kier molecular flexibility index (Phi) is 4.29. The van der Waals surface area contributed by atoms with Crippen LogP contribution in [0.1, 0.15) is 17.0 Å². The highest BCUT2D eigenvalue weighted by molar-refractivity contribution is 5.49. The Labute approximate surface area is 131 Å². The van der Waals surface area contributed by atoms with Crippen molar-refractivity contribution in [3.05, 3.63) is 35.3 Å². The van der Waals surface area contributed by atoms with Crippen molar-refractivity contribution in [2.45, 2.75) is 20.4 Å². The molecule has 0 unspecified atom stereocenters. The molecule has 6 nitrogen and oxygen atoms in total. The van der Waals surface area contributed by atoms with Crippen molar-refractivity contribution >= 4 is 11.5 Å². The molecule has 3 heterocycles. The van der Waals surface area contributed by atoms with Crippen LogP contribution in [0.15, 0.2) is 18.3 Å². The zero-order chi connectivity index (χ0) is 15.5. The molecule has 1 fully saturated rings. The molecule has 0 spiro atoms. The number of rotatable bonds is 4. The van der Waals surface area contributed by atoms with Gasteiger partial charge in [-0.15, -0.1) is 0 Å². The van der Waals surface area contributed by atoms with Gasteiger partial charge in [-0.05, 0) is 26.0 Å². The van der Waals surface area contributed by atoms with Crippen molar-refractivity contribution in [3.8, 4) is 0 Å². The average Bonchev–Trinajstić information content (AvgIpc) is 2.79. The summed E-state index contributed by atoms with van der Waals surface area (Å²) in [5.74, 6) is 1.02. The summed E-state index contributed by atoms with van der Waals surface area (Å²) in [6.07, 6.45) is 1.89. The molecular weight excluding hydrogens is 278 g/mol. The minimum Gasteiger partial charge on any atom is -0.380 e. The van der Waals surface area contributed by atoms with Gasteiger partial charge in [0, 0.05) is 37.9 Å². The zero-order valence-electron chi connectivity index (χ0n) is 13.5. The van der Waals surface area contributed by atoms with E-state index in [1.807, 2.05) is 24.9 Å². The maximum atomic E-state index is 5.37. The molecule has 22 heavy (non-hydrogen) atoms. The Morgan fingerprint density at radius 1 is 1.23 bits per heavy atom. The largest absolute Gasteiger partial charge is 0.380 e. The van der Waals surface area contributed by atoms with Gasteiger partial charge in [-0.3, -0.25) is 4.68 Å². The molecule has 1 aliphatic rings. The first-order valence-corrected chi connectivity index (χ1v) is 7.67. The first-order chi connectivity index (χ1) is 10.6. The monoisotopic (exact) mass is 301 g/mol. The Hall–Kier alpha value is -2.08. The normalized spacial score (nSPS) is 15.1. The van der Waals surface area contributed by atoms with E-state index in [1.54, 1.807) is 0 Å². The van der Waals surface area contributed by atoms with E-state index in [0.717, 1.165) is 50.0 Å². The van der Waals surface area contributed by atoms with Crippen LogP contribution in [-0.2, 0) is 18.3 Å². The number of hydrogen-bond donors (Lipinski definition) is 1. The molecule has 0 aliphatic carbocycles. The summed E-state index contributed by atoms with van der Waals surface area (Å²) in [6.45, 7) is 8.29. The number of nitrogens with zero attached hydrogens (tertiary/aromatic N) is 4. The van der Waals surface area contributed by atoms with Crippen LogP contribution >= 0.6 is 0 Å². The Morgan fingerprint density at radius 3 is 2.59 bits per heavy atom. The fourth-order valence-corrected chi connectivity index (χ4v) is 2.73. The van der Waals surface area contributed by atoms with Crippen molar-refractivity contribution in [1.29, 1.82) is 0 Å². The molecule has 1 saturated heterocycles. The minimum atomic E-state index is 0.768. The Morgan fingerprint density at radius 2 is 2.00 bits per heavy atom. The van der Waals surface area contributed by atoms with Gasteiger partial charge < -0.3 is 15.0 Å². The van der Waals surface area contributed by atoms with E-state index in [0.29, 0.717) is 0 Å². The van der Waals surface area contributed by atoms with Crippen molar-refractivity contribution in [3.63, 3.8) is 0 Å². The van der Waals surface area contributed by atoms with Crippen molar-refractivity contribution < 1.29 is 4.74 Å². The molecule has 0 amide bonds. The van der Waals surface area contributed by atoms with Gasteiger partial charge in [0.05, 0.1) is 30.8 Å². The van der Waals surface area contributed by atoms with Crippen LogP contribution in [0.25, 0.3) is 0 Å². The van der Waals surface area contributed by atoms with Crippen LogP contribution in [0.4, 0.5) is 11.5 Å². The number of nitrogens with one attached hydrogen (secondary N) is 1. The van der Waals surface area contributed by atoms with Crippen molar-refractivity contribution in [1.82, 2.24) is 14.8 Å². The SMILES string of the molecule is Cc1nn(C)c(C)c1CNc1ccc(N2CCOCC2)nc1. The second kappa shape index (κ2) is 6.36. The number of hydrogen-bond acceptors (Lipinski definition) is 5. The highest BCUT2D eigenvalue weighted by atomic mass is 16.5. The van der Waals surface area contributed by atoms with E-state index < -0.39 is 0 Å². The maximum Gasteiger partial charge on any atom is 0.128 e. The van der Waals surface area contributed by atoms with Crippen LogP contribution in [-0.4, -0.2) is 41.1 Å². The predicted molar refractivity (Wildman–Crippen MR) is 87.3 cm³/mol. The van der Waals surface area contributed by atoms with Gasteiger partial charge in [-0.1, -0.05) is 0 Å². The third-order valence-electron chi connectivity index (χ3n) is 4.21. The molecular formula is C16H23N5O. The number of aromatic nitrogens is 3. The van der Waals surface area contributed by atoms with Crippen LogP contribution in [0.3, 0.4) is 0 Å². The lowest BCUT2D eigenvalue weighted by Gasteiger charge is -2.27. The third-order valence-corrected chi connectivity index (χ3v) is 4.21. The summed E-state index contributed by atoms with van der Waals surface area (Å²) in [5, 5.41) is 7.87. The summed E-state index contributed by atoms with van der Waals surface area (Å²) in [7, 11) is 1.98. The van der Waals surface area contributed by atoms with Gasteiger partial charge in [-0.2, -0.15) is 5.10 Å². The molecule has 0 radical (unpaired) electrons. The van der Waals surface area contributed by atoms with Crippen molar-refractivity contribution in [2.75, 3.05) is 36.5 Å². The Balaban J connectivity index is 1.63. The van der Waals surface area contributed by atoms with Crippen LogP contribution < -0.4 is 10.2 Å². The molecule has 2 aromatic heterocycles. The molecule has 3 rings (SSSR count). The van der Waals surface area contributed by atoms with E-state index in [2.05, 4.69) is 39.4 Å². The van der Waals surface area contributed by atoms with E-state index in [9.17, 15) is 0 Å². The van der Waals surface area contributed by atoms with Gasteiger partial charge in [0.25, 0.3) is 0 Å². The van der Waals surface area contributed by atoms with E-state index >= 15 is 0 Å². The summed E-state index contributed by atoms with van der Waals surface area (Å²) < 4.78 is 7.29. The molecule has 2 aromatic rings. The number of anilines is 2. The number of pyridine rings is 1. The molecule has 1 aliphatic heterocycles. The molecule has 1 N–H and O–H groups in total. The van der Waals surface area contributed by atoms with Gasteiger partial charge >= 0.3 is 0 Å². The molecule has 0 saturated carbocycles. The predicted octanol–water partition coefficient (Wildman–Crippen LogP) is 1.88. The first-order valence-electron chi connectivity index (χ1n) is 7.67. The van der Waals surface area contributed by atoms with Crippen LogP contribution in [0.2, 0.25) is 0 Å². The highest BCUT2D eigenvalue weighted by Crippen LogP contribution is 2.18. The van der Waals surface area contributed by atoms with Gasteiger partial charge in [0.1, 0.15) is 5.82 Å². The number of aryl methyl sites for hydroxylation is 2. The zero-order valence-corrected chi connectivity index (χ0v) is 13.5. The fraction of sp³-hybridized carbons (Fsp3) is 0.500. The van der Waals surface area contributed by atoms with Gasteiger partial charge in [0.15, 0.2) is 0 Å². The highest BCUT2D eigenvalue weighted by Gasteiger charge is 2.12. The standard InChI is InChI=1S/C16H23N5O/c1-12-15(13(2)20(3)19-12)11-17-14-4-5-16(18-10-14)21-6-8-22-9-7-21/h4-5,10,17H,6-9,11H2,1-3H3. The number of morpholine rings is 1. The second-order valence-corrected chi connectivity index (χ2v) is 5.63. The van der Waals surface area contributed by atoms with Gasteiger partial charge in [0.2, 0.25) is 0 Å². The molecule has 6 heteroatoms. The van der Waals surface area contributed by atoms with E-state index in [4.69, 9.17) is 4.74 Å². The topological polar surface area (TPSA) is 55.2 Å². The lowest BCUT2D eigenvalue weighted by molar-refractivity contribution is 0.122. The number of ether oxygens (including phenoxy) is 1. The minimum absolute atomic E-state index is 0.768. The molecule has 118 valence electrons. The van der Waals surface area contributed by atoms with Crippen LogP contribution in [0.5, 0.6) is 0 Å². The summed E-state index contributed by atoms with van der Waals surface area (Å²) in [5.41, 5.74) is 4.55. The van der Waals surface area contributed by atoms with E-state index in [1.165, 1.54) is 11.3 Å². The summed E-state index contributed by atoms with van der Waals surface area (Å²) >= 11 is 0. The quantitative estimate of drug-likeness (QED) is 0.934.